The van der Waals surface area contributed by atoms with Gasteiger partial charge < -0.3 is 14.2 Å². The molecule has 0 amide bonds. The Morgan fingerprint density at radius 3 is 2.52 bits per heavy atom. The fourth-order valence-corrected chi connectivity index (χ4v) is 4.03. The molecule has 0 atom stereocenters. The maximum absolute atomic E-state index is 5.57. The van der Waals surface area contributed by atoms with E-state index in [1.54, 1.807) is 12.4 Å². The lowest BCUT2D eigenvalue weighted by Crippen LogP contribution is -2.37. The summed E-state index contributed by atoms with van der Waals surface area (Å²) in [4.78, 5) is 21.4. The van der Waals surface area contributed by atoms with Gasteiger partial charge in [-0.3, -0.25) is 9.67 Å². The quantitative estimate of drug-likeness (QED) is 0.476. The molecule has 0 radical (unpaired) electrons. The van der Waals surface area contributed by atoms with Crippen LogP contribution in [0.4, 0.5) is 5.82 Å². The SMILES string of the molecule is CCCn1nccc1-c1nc(N2CCOCC2)c2nc(-c3ccncc3)n(CC)c2n1. The van der Waals surface area contributed by atoms with E-state index in [1.165, 1.54) is 0 Å². The molecule has 4 aromatic heterocycles. The molecule has 31 heavy (non-hydrogen) atoms. The molecule has 9 heteroatoms. The molecule has 5 heterocycles. The van der Waals surface area contributed by atoms with Crippen molar-refractivity contribution >= 4 is 17.0 Å². The molecule has 1 aliphatic rings. The smallest absolute Gasteiger partial charge is 0.182 e. The molecule has 9 nitrogen and oxygen atoms in total. The normalized spacial score (nSPS) is 14.5. The number of aryl methyl sites for hydroxylation is 2. The average molecular weight is 419 g/mol. The molecule has 1 aliphatic heterocycles. The molecule has 0 bridgehead atoms. The van der Waals surface area contributed by atoms with Crippen molar-refractivity contribution in [2.75, 3.05) is 31.2 Å². The van der Waals surface area contributed by atoms with Gasteiger partial charge in [0.05, 0.1) is 13.2 Å². The highest BCUT2D eigenvalue weighted by atomic mass is 16.5. The summed E-state index contributed by atoms with van der Waals surface area (Å²) in [6.45, 7) is 8.76. The van der Waals surface area contributed by atoms with Crippen LogP contribution in [0.5, 0.6) is 0 Å². The van der Waals surface area contributed by atoms with Crippen LogP contribution in [0, 0.1) is 0 Å². The highest BCUT2D eigenvalue weighted by Crippen LogP contribution is 2.31. The lowest BCUT2D eigenvalue weighted by Gasteiger charge is -2.28. The third kappa shape index (κ3) is 3.54. The Balaban J connectivity index is 1.75. The fourth-order valence-electron chi connectivity index (χ4n) is 4.03. The predicted octanol–water partition coefficient (Wildman–Crippen LogP) is 3.02. The Morgan fingerprint density at radius 2 is 1.77 bits per heavy atom. The van der Waals surface area contributed by atoms with Crippen molar-refractivity contribution in [1.29, 1.82) is 0 Å². The van der Waals surface area contributed by atoms with E-state index in [-0.39, 0.29) is 0 Å². The van der Waals surface area contributed by atoms with E-state index in [9.17, 15) is 0 Å². The van der Waals surface area contributed by atoms with Crippen molar-refractivity contribution in [2.45, 2.75) is 33.4 Å². The maximum Gasteiger partial charge on any atom is 0.182 e. The van der Waals surface area contributed by atoms with E-state index >= 15 is 0 Å². The number of hydrogen-bond acceptors (Lipinski definition) is 7. The van der Waals surface area contributed by atoms with E-state index in [1.807, 2.05) is 29.1 Å². The summed E-state index contributed by atoms with van der Waals surface area (Å²) in [5, 5.41) is 4.47. The van der Waals surface area contributed by atoms with Crippen LogP contribution in [-0.2, 0) is 17.8 Å². The van der Waals surface area contributed by atoms with Gasteiger partial charge in [0, 0.05) is 50.3 Å². The van der Waals surface area contributed by atoms with Gasteiger partial charge >= 0.3 is 0 Å². The third-order valence-corrected chi connectivity index (χ3v) is 5.52. The number of morpholine rings is 1. The Labute approximate surface area is 180 Å². The second kappa shape index (κ2) is 8.43. The molecule has 0 saturated carbocycles. The van der Waals surface area contributed by atoms with Gasteiger partial charge in [-0.15, -0.1) is 0 Å². The molecule has 1 fully saturated rings. The van der Waals surface area contributed by atoms with Gasteiger partial charge in [0.25, 0.3) is 0 Å². The van der Waals surface area contributed by atoms with E-state index < -0.39 is 0 Å². The van der Waals surface area contributed by atoms with Crippen molar-refractivity contribution in [3.8, 4) is 22.9 Å². The van der Waals surface area contributed by atoms with Gasteiger partial charge in [0.15, 0.2) is 22.8 Å². The first-order valence-electron chi connectivity index (χ1n) is 10.8. The minimum Gasteiger partial charge on any atom is -0.378 e. The number of fused-ring (bicyclic) bond motifs is 1. The first-order chi connectivity index (χ1) is 15.3. The highest BCUT2D eigenvalue weighted by molar-refractivity contribution is 5.88. The van der Waals surface area contributed by atoms with E-state index in [0.29, 0.717) is 19.0 Å². The molecule has 0 aromatic carbocycles. The molecule has 4 aromatic rings. The van der Waals surface area contributed by atoms with Crippen LogP contribution >= 0.6 is 0 Å². The summed E-state index contributed by atoms with van der Waals surface area (Å²) in [5.41, 5.74) is 3.60. The molecular formula is C22H26N8O. The Morgan fingerprint density at radius 1 is 0.968 bits per heavy atom. The number of anilines is 1. The molecular weight excluding hydrogens is 392 g/mol. The highest BCUT2D eigenvalue weighted by Gasteiger charge is 2.24. The van der Waals surface area contributed by atoms with Crippen molar-refractivity contribution in [3.05, 3.63) is 36.8 Å². The van der Waals surface area contributed by atoms with Crippen LogP contribution < -0.4 is 4.90 Å². The number of pyridine rings is 1. The molecule has 1 saturated heterocycles. The van der Waals surface area contributed by atoms with Gasteiger partial charge in [-0.25, -0.2) is 15.0 Å². The van der Waals surface area contributed by atoms with Crippen LogP contribution in [0.2, 0.25) is 0 Å². The zero-order chi connectivity index (χ0) is 21.2. The largest absolute Gasteiger partial charge is 0.378 e. The second-order valence-electron chi connectivity index (χ2n) is 7.50. The summed E-state index contributed by atoms with van der Waals surface area (Å²) in [6, 6.07) is 5.94. The number of nitrogens with zero attached hydrogens (tertiary/aromatic N) is 8. The van der Waals surface area contributed by atoms with Crippen molar-refractivity contribution in [1.82, 2.24) is 34.3 Å². The summed E-state index contributed by atoms with van der Waals surface area (Å²) in [6.07, 6.45) is 6.38. The summed E-state index contributed by atoms with van der Waals surface area (Å²) in [7, 11) is 0. The lowest BCUT2D eigenvalue weighted by atomic mass is 10.2. The average Bonchev–Trinajstić information content (AvgIpc) is 3.44. The van der Waals surface area contributed by atoms with Gasteiger partial charge in [0.2, 0.25) is 0 Å². The van der Waals surface area contributed by atoms with Crippen LogP contribution in [0.3, 0.4) is 0 Å². The van der Waals surface area contributed by atoms with Gasteiger partial charge in [-0.2, -0.15) is 5.10 Å². The molecule has 0 unspecified atom stereocenters. The molecule has 0 aliphatic carbocycles. The molecule has 0 N–H and O–H groups in total. The number of hydrogen-bond donors (Lipinski definition) is 0. The van der Waals surface area contributed by atoms with Crippen LogP contribution in [-0.4, -0.2) is 60.6 Å². The van der Waals surface area contributed by atoms with Crippen LogP contribution in [0.25, 0.3) is 34.1 Å². The first-order valence-corrected chi connectivity index (χ1v) is 10.8. The first kappa shape index (κ1) is 19.6. The summed E-state index contributed by atoms with van der Waals surface area (Å²) >= 11 is 0. The molecule has 0 spiro atoms. The van der Waals surface area contributed by atoms with E-state index in [4.69, 9.17) is 19.7 Å². The lowest BCUT2D eigenvalue weighted by molar-refractivity contribution is 0.122. The monoisotopic (exact) mass is 418 g/mol. The van der Waals surface area contributed by atoms with Crippen LogP contribution in [0.15, 0.2) is 36.8 Å². The molecule has 5 rings (SSSR count). The fraction of sp³-hybridized carbons (Fsp3) is 0.409. The zero-order valence-corrected chi connectivity index (χ0v) is 17.9. The van der Waals surface area contributed by atoms with Crippen LogP contribution in [0.1, 0.15) is 20.3 Å². The number of imidazole rings is 1. The van der Waals surface area contributed by atoms with Crippen molar-refractivity contribution in [3.63, 3.8) is 0 Å². The van der Waals surface area contributed by atoms with Crippen molar-refractivity contribution < 1.29 is 4.74 Å². The Hall–Kier alpha value is -3.33. The van der Waals surface area contributed by atoms with E-state index in [2.05, 4.69) is 33.4 Å². The summed E-state index contributed by atoms with van der Waals surface area (Å²) < 4.78 is 9.70. The number of rotatable bonds is 6. The second-order valence-corrected chi connectivity index (χ2v) is 7.50. The standard InChI is InChI=1S/C22H26N8O/c1-3-11-30-17(7-10-24-30)19-26-21(28-12-14-31-15-13-28)18-22(27-19)29(4-2)20(25-18)16-5-8-23-9-6-16/h5-10H,3-4,11-15H2,1-2H3. The topological polar surface area (TPSA) is 86.8 Å². The number of aromatic nitrogens is 7. The van der Waals surface area contributed by atoms with Gasteiger partial charge in [-0.05, 0) is 31.5 Å². The third-order valence-electron chi connectivity index (χ3n) is 5.52. The zero-order valence-electron chi connectivity index (χ0n) is 17.9. The van der Waals surface area contributed by atoms with Crippen molar-refractivity contribution in [2.24, 2.45) is 0 Å². The minimum atomic E-state index is 0.677. The molecule has 160 valence electrons. The van der Waals surface area contributed by atoms with Gasteiger partial charge in [-0.1, -0.05) is 6.92 Å². The maximum atomic E-state index is 5.57. The van der Waals surface area contributed by atoms with Gasteiger partial charge in [0.1, 0.15) is 11.5 Å². The predicted molar refractivity (Wildman–Crippen MR) is 119 cm³/mol. The Kier molecular flexibility index (Phi) is 5.33. The summed E-state index contributed by atoms with van der Waals surface area (Å²) in [5.74, 6) is 2.41. The Bertz CT molecular complexity index is 1180. The minimum absolute atomic E-state index is 0.677. The van der Waals surface area contributed by atoms with E-state index in [0.717, 1.165) is 66.7 Å². The number of ether oxygens (including phenoxy) is 1.